The third-order valence-corrected chi connectivity index (χ3v) is 2.65. The molecule has 17 heavy (non-hydrogen) atoms. The second-order valence-corrected chi connectivity index (χ2v) is 3.87. The number of anilines is 1. The predicted octanol–water partition coefficient (Wildman–Crippen LogP) is 2.84. The predicted molar refractivity (Wildman–Crippen MR) is 68.0 cm³/mol. The minimum atomic E-state index is 0.0156. The van der Waals surface area contributed by atoms with Crippen molar-refractivity contribution in [2.75, 3.05) is 5.73 Å². The third kappa shape index (κ3) is 2.13. The molecular formula is C14H13NO2. The Balaban J connectivity index is 2.50. The average molecular weight is 227 g/mol. The Morgan fingerprint density at radius 1 is 1.12 bits per heavy atom. The van der Waals surface area contributed by atoms with Gasteiger partial charge in [0.1, 0.15) is 5.75 Å². The zero-order valence-corrected chi connectivity index (χ0v) is 9.47. The first-order valence-electron chi connectivity index (χ1n) is 5.28. The van der Waals surface area contributed by atoms with Gasteiger partial charge in [0, 0.05) is 16.8 Å². The molecule has 3 nitrogen and oxygen atoms in total. The van der Waals surface area contributed by atoms with Crippen molar-refractivity contribution >= 4 is 11.5 Å². The van der Waals surface area contributed by atoms with Crippen LogP contribution in [0.4, 0.5) is 5.69 Å². The van der Waals surface area contributed by atoms with Crippen LogP contribution in [-0.4, -0.2) is 10.9 Å². The summed E-state index contributed by atoms with van der Waals surface area (Å²) in [7, 11) is 0. The monoisotopic (exact) mass is 227 g/mol. The molecule has 0 fully saturated rings. The molecule has 0 heterocycles. The second kappa shape index (κ2) is 4.29. The Bertz CT molecular complexity index is 539. The fourth-order valence-corrected chi connectivity index (χ4v) is 1.74. The van der Waals surface area contributed by atoms with E-state index in [0.29, 0.717) is 16.8 Å². The Morgan fingerprint density at radius 2 is 1.76 bits per heavy atom. The molecule has 2 aromatic carbocycles. The normalized spacial score (nSPS) is 10.2. The van der Waals surface area contributed by atoms with E-state index >= 15 is 0 Å². The molecule has 0 atom stereocenters. The molecule has 2 rings (SSSR count). The molecule has 3 N–H and O–H groups in total. The van der Waals surface area contributed by atoms with E-state index in [9.17, 15) is 9.90 Å². The maximum absolute atomic E-state index is 11.2. The summed E-state index contributed by atoms with van der Waals surface area (Å²) in [5, 5.41) is 9.78. The fourth-order valence-electron chi connectivity index (χ4n) is 1.74. The molecule has 86 valence electrons. The smallest absolute Gasteiger partial charge is 0.159 e. The highest BCUT2D eigenvalue weighted by Gasteiger charge is 2.08. The SMILES string of the molecule is CC(=O)c1ccc(-c2c(N)cccc2O)cc1. The highest BCUT2D eigenvalue weighted by atomic mass is 16.3. The number of aromatic hydroxyl groups is 1. The number of carbonyl (C=O) groups excluding carboxylic acids is 1. The first-order chi connectivity index (χ1) is 8.09. The molecule has 0 saturated heterocycles. The second-order valence-electron chi connectivity index (χ2n) is 3.87. The first-order valence-corrected chi connectivity index (χ1v) is 5.28. The summed E-state index contributed by atoms with van der Waals surface area (Å²) in [6, 6.07) is 12.0. The minimum absolute atomic E-state index is 0.0156. The van der Waals surface area contributed by atoms with Gasteiger partial charge in [-0.15, -0.1) is 0 Å². The fraction of sp³-hybridized carbons (Fsp3) is 0.0714. The van der Waals surface area contributed by atoms with Gasteiger partial charge in [-0.2, -0.15) is 0 Å². The van der Waals surface area contributed by atoms with Gasteiger partial charge in [-0.25, -0.2) is 0 Å². The number of Topliss-reactive ketones (excluding diaryl/α,β-unsaturated/α-hetero) is 1. The van der Waals surface area contributed by atoms with Crippen LogP contribution < -0.4 is 5.73 Å². The van der Waals surface area contributed by atoms with Crippen molar-refractivity contribution in [2.45, 2.75) is 6.92 Å². The molecule has 0 aliphatic carbocycles. The van der Waals surface area contributed by atoms with Gasteiger partial charge in [0.25, 0.3) is 0 Å². The lowest BCUT2D eigenvalue weighted by Crippen LogP contribution is -1.93. The van der Waals surface area contributed by atoms with Crippen molar-refractivity contribution in [1.29, 1.82) is 0 Å². The van der Waals surface area contributed by atoms with Crippen molar-refractivity contribution in [3.8, 4) is 16.9 Å². The minimum Gasteiger partial charge on any atom is -0.507 e. The summed E-state index contributed by atoms with van der Waals surface area (Å²) in [5.41, 5.74) is 8.38. The zero-order valence-electron chi connectivity index (χ0n) is 9.47. The lowest BCUT2D eigenvalue weighted by molar-refractivity contribution is 0.101. The zero-order chi connectivity index (χ0) is 12.4. The van der Waals surface area contributed by atoms with Gasteiger partial charge in [-0.3, -0.25) is 4.79 Å². The number of phenolic OH excluding ortho intramolecular Hbond substituents is 1. The van der Waals surface area contributed by atoms with Gasteiger partial charge < -0.3 is 10.8 Å². The van der Waals surface area contributed by atoms with Crippen molar-refractivity contribution < 1.29 is 9.90 Å². The van der Waals surface area contributed by atoms with Crippen LogP contribution in [0.5, 0.6) is 5.75 Å². The van der Waals surface area contributed by atoms with Crippen molar-refractivity contribution in [3.63, 3.8) is 0 Å². The molecule has 0 unspecified atom stereocenters. The van der Waals surface area contributed by atoms with E-state index in [0.717, 1.165) is 5.56 Å². The van der Waals surface area contributed by atoms with Crippen molar-refractivity contribution in [1.82, 2.24) is 0 Å². The van der Waals surface area contributed by atoms with E-state index < -0.39 is 0 Å². The Labute approximate surface area is 99.5 Å². The van der Waals surface area contributed by atoms with Crippen LogP contribution in [0.1, 0.15) is 17.3 Å². The van der Waals surface area contributed by atoms with E-state index in [1.807, 2.05) is 0 Å². The highest BCUT2D eigenvalue weighted by molar-refractivity contribution is 5.95. The standard InChI is InChI=1S/C14H13NO2/c1-9(16)10-5-7-11(8-6-10)14-12(15)3-2-4-13(14)17/h2-8,17H,15H2,1H3. The molecule has 0 amide bonds. The maximum Gasteiger partial charge on any atom is 0.159 e. The quantitative estimate of drug-likeness (QED) is 0.612. The van der Waals surface area contributed by atoms with Crippen LogP contribution in [0.25, 0.3) is 11.1 Å². The van der Waals surface area contributed by atoms with Gasteiger partial charge in [0.05, 0.1) is 0 Å². The average Bonchev–Trinajstić information content (AvgIpc) is 2.29. The highest BCUT2D eigenvalue weighted by Crippen LogP contribution is 2.34. The molecule has 0 saturated carbocycles. The number of nitrogen functional groups attached to an aromatic ring is 1. The Hall–Kier alpha value is -2.29. The van der Waals surface area contributed by atoms with Crippen LogP contribution in [0.15, 0.2) is 42.5 Å². The number of nitrogens with two attached hydrogens (primary N) is 1. The summed E-state index contributed by atoms with van der Waals surface area (Å²) >= 11 is 0. The number of benzene rings is 2. The summed E-state index contributed by atoms with van der Waals surface area (Å²) < 4.78 is 0. The number of phenols is 1. The molecule has 0 aliphatic heterocycles. The third-order valence-electron chi connectivity index (χ3n) is 2.65. The topological polar surface area (TPSA) is 63.3 Å². The lowest BCUT2D eigenvalue weighted by Gasteiger charge is -2.08. The van der Waals surface area contributed by atoms with E-state index in [4.69, 9.17) is 5.73 Å². The van der Waals surface area contributed by atoms with E-state index in [-0.39, 0.29) is 11.5 Å². The van der Waals surface area contributed by atoms with Gasteiger partial charge >= 0.3 is 0 Å². The molecule has 0 spiro atoms. The lowest BCUT2D eigenvalue weighted by atomic mass is 10.0. The molecule has 0 radical (unpaired) electrons. The van der Waals surface area contributed by atoms with Gasteiger partial charge in [0.2, 0.25) is 0 Å². The number of ketones is 1. The van der Waals surface area contributed by atoms with Gasteiger partial charge in [-0.05, 0) is 24.6 Å². The summed E-state index contributed by atoms with van der Waals surface area (Å²) in [6.07, 6.45) is 0. The summed E-state index contributed by atoms with van der Waals surface area (Å²) in [6.45, 7) is 1.52. The number of hydrogen-bond acceptors (Lipinski definition) is 3. The van der Waals surface area contributed by atoms with Gasteiger partial charge in [-0.1, -0.05) is 30.3 Å². The molecular weight excluding hydrogens is 214 g/mol. The largest absolute Gasteiger partial charge is 0.507 e. The first kappa shape index (κ1) is 11.2. The molecule has 3 heteroatoms. The van der Waals surface area contributed by atoms with Crippen LogP contribution >= 0.6 is 0 Å². The van der Waals surface area contributed by atoms with E-state index in [1.54, 1.807) is 42.5 Å². The number of carbonyl (C=O) groups is 1. The maximum atomic E-state index is 11.2. The number of hydrogen-bond donors (Lipinski definition) is 2. The summed E-state index contributed by atoms with van der Waals surface area (Å²) in [4.78, 5) is 11.2. The van der Waals surface area contributed by atoms with Crippen LogP contribution in [0.2, 0.25) is 0 Å². The van der Waals surface area contributed by atoms with Crippen LogP contribution in [0.3, 0.4) is 0 Å². The van der Waals surface area contributed by atoms with E-state index in [1.165, 1.54) is 6.92 Å². The van der Waals surface area contributed by atoms with Crippen LogP contribution in [0, 0.1) is 0 Å². The van der Waals surface area contributed by atoms with Crippen molar-refractivity contribution in [3.05, 3.63) is 48.0 Å². The van der Waals surface area contributed by atoms with Crippen LogP contribution in [-0.2, 0) is 0 Å². The molecule has 0 bridgehead atoms. The number of rotatable bonds is 2. The Kier molecular flexibility index (Phi) is 2.83. The van der Waals surface area contributed by atoms with Gasteiger partial charge in [0.15, 0.2) is 5.78 Å². The molecule has 0 aliphatic rings. The molecule has 2 aromatic rings. The summed E-state index contributed by atoms with van der Waals surface area (Å²) in [5.74, 6) is 0.155. The Morgan fingerprint density at radius 3 is 2.29 bits per heavy atom. The molecule has 0 aromatic heterocycles. The van der Waals surface area contributed by atoms with Crippen molar-refractivity contribution in [2.24, 2.45) is 0 Å². The van der Waals surface area contributed by atoms with E-state index in [2.05, 4.69) is 0 Å².